The molecule has 10 rings (SSSR count). The van der Waals surface area contributed by atoms with E-state index < -0.39 is 0 Å². The fourth-order valence-electron chi connectivity index (χ4n) is 12.6. The Morgan fingerprint density at radius 3 is 1.24 bits per heavy atom. The summed E-state index contributed by atoms with van der Waals surface area (Å²) in [4.78, 5) is 24.0. The van der Waals surface area contributed by atoms with Gasteiger partial charge in [-0.3, -0.25) is 9.59 Å². The summed E-state index contributed by atoms with van der Waals surface area (Å²) >= 11 is 0. The molecule has 6 aromatic carbocycles. The fraction of sp³-hybridized carbons (Fsp3) is 0.441. The Labute approximate surface area is 461 Å². The van der Waals surface area contributed by atoms with Gasteiger partial charge in [0.25, 0.3) is 0 Å². The zero-order chi connectivity index (χ0) is 55.1. The summed E-state index contributed by atoms with van der Waals surface area (Å²) in [6.07, 6.45) is 12.2. The lowest BCUT2D eigenvalue weighted by atomic mass is 9.75. The van der Waals surface area contributed by atoms with Crippen molar-refractivity contribution < 1.29 is 46.8 Å². The average Bonchev–Trinajstić information content (AvgIpc) is 4.40. The van der Waals surface area contributed by atoms with Crippen LogP contribution >= 0.6 is 0 Å². The van der Waals surface area contributed by atoms with E-state index in [4.69, 9.17) is 28.4 Å². The summed E-state index contributed by atoms with van der Waals surface area (Å²) in [5, 5.41) is 0. The molecule has 4 atom stereocenters. The van der Waals surface area contributed by atoms with Gasteiger partial charge in [0.15, 0.2) is 0 Å². The topological polar surface area (TPSA) is 89.5 Å². The molecule has 8 nitrogen and oxygen atoms in total. The minimum absolute atomic E-state index is 0.134. The average molecular weight is 1060 g/mol. The molecule has 0 amide bonds. The zero-order valence-electron chi connectivity index (χ0n) is 46.9. The molecular weight excluding hydrogens is 983 g/mol. The highest BCUT2D eigenvalue weighted by molar-refractivity contribution is 5.73. The molecule has 0 unspecified atom stereocenters. The van der Waals surface area contributed by atoms with Crippen molar-refractivity contribution in [3.8, 4) is 45.3 Å². The van der Waals surface area contributed by atoms with Crippen LogP contribution in [0.3, 0.4) is 0 Å². The molecule has 0 radical (unpaired) electrons. The molecule has 4 fully saturated rings. The predicted molar refractivity (Wildman–Crippen MR) is 303 cm³/mol. The Morgan fingerprint density at radius 1 is 0.487 bits per heavy atom. The second-order valence-electron chi connectivity index (χ2n) is 23.6. The van der Waals surface area contributed by atoms with E-state index in [2.05, 4.69) is 64.1 Å². The van der Waals surface area contributed by atoms with E-state index in [-0.39, 0.29) is 46.2 Å². The quantitative estimate of drug-likeness (QED) is 0.0699. The Balaban J connectivity index is 0.000000190. The minimum atomic E-state index is -0.245. The molecule has 0 N–H and O–H groups in total. The lowest BCUT2D eigenvalue weighted by Gasteiger charge is -2.30. The Morgan fingerprint density at radius 2 is 0.897 bits per heavy atom. The summed E-state index contributed by atoms with van der Waals surface area (Å²) < 4.78 is 63.4. The van der Waals surface area contributed by atoms with Crippen LogP contribution in [0.2, 0.25) is 0 Å². The number of benzene rings is 6. The first-order chi connectivity index (χ1) is 37.6. The van der Waals surface area contributed by atoms with Crippen molar-refractivity contribution in [2.45, 2.75) is 142 Å². The van der Waals surface area contributed by atoms with Gasteiger partial charge >= 0.3 is 11.9 Å². The SMILES string of the molecule is COC(=O)C[C@@H](c1cccc(OCc2ccc(-c3cc(OC)ccc3F)c([C@@H]3CCCC3(C)C)c2)c1)C1CC1.COC(=O)C[C@@H](c1cccc(OCc2ccc(-c3cc(OC)ccc3F)c([C@H]3CCCC3(C)C)c2)c1)C1CC1. The third-order valence-corrected chi connectivity index (χ3v) is 17.4. The highest BCUT2D eigenvalue weighted by atomic mass is 19.1. The third kappa shape index (κ3) is 13.4. The molecule has 10 heteroatoms. The van der Waals surface area contributed by atoms with Gasteiger partial charge < -0.3 is 28.4 Å². The van der Waals surface area contributed by atoms with Crippen LogP contribution in [0.25, 0.3) is 22.3 Å². The van der Waals surface area contributed by atoms with E-state index in [9.17, 15) is 9.59 Å². The maximum absolute atomic E-state index is 15.1. The highest BCUT2D eigenvalue weighted by Crippen LogP contribution is 2.53. The smallest absolute Gasteiger partial charge is 0.306 e. The number of carbonyl (C=O) groups excluding carboxylic acids is 2. The van der Waals surface area contributed by atoms with Crippen LogP contribution in [0.15, 0.2) is 121 Å². The molecule has 0 aromatic heterocycles. The van der Waals surface area contributed by atoms with Crippen LogP contribution in [-0.2, 0) is 32.3 Å². The van der Waals surface area contributed by atoms with E-state index in [1.54, 1.807) is 38.5 Å². The van der Waals surface area contributed by atoms with Crippen LogP contribution in [0.5, 0.6) is 23.0 Å². The van der Waals surface area contributed by atoms with Crippen LogP contribution in [0, 0.1) is 34.3 Å². The van der Waals surface area contributed by atoms with Crippen molar-refractivity contribution in [3.63, 3.8) is 0 Å². The number of hydrogen-bond donors (Lipinski definition) is 0. The van der Waals surface area contributed by atoms with Gasteiger partial charge in [0.2, 0.25) is 0 Å². The first kappa shape index (κ1) is 56.1. The number of rotatable bonds is 20. The second kappa shape index (κ2) is 24.6. The first-order valence-electron chi connectivity index (χ1n) is 28.1. The third-order valence-electron chi connectivity index (χ3n) is 17.4. The lowest BCUT2D eigenvalue weighted by molar-refractivity contribution is -0.142. The highest BCUT2D eigenvalue weighted by Gasteiger charge is 2.39. The van der Waals surface area contributed by atoms with Gasteiger partial charge in [-0.05, 0) is 203 Å². The number of methoxy groups -OCH3 is 4. The zero-order valence-corrected chi connectivity index (χ0v) is 46.9. The van der Waals surface area contributed by atoms with Crippen molar-refractivity contribution >= 4 is 11.9 Å². The molecule has 78 heavy (non-hydrogen) atoms. The van der Waals surface area contributed by atoms with Crippen LogP contribution in [0.1, 0.15) is 162 Å². The van der Waals surface area contributed by atoms with Gasteiger partial charge in [0, 0.05) is 11.1 Å². The van der Waals surface area contributed by atoms with Crippen molar-refractivity contribution in [3.05, 3.63) is 166 Å². The Kier molecular flexibility index (Phi) is 17.6. The van der Waals surface area contributed by atoms with Gasteiger partial charge in [-0.2, -0.15) is 0 Å². The molecule has 4 aliphatic rings. The van der Waals surface area contributed by atoms with Crippen LogP contribution < -0.4 is 18.9 Å². The van der Waals surface area contributed by atoms with E-state index in [0.29, 0.717) is 72.4 Å². The van der Waals surface area contributed by atoms with E-state index >= 15 is 8.78 Å². The number of hydrogen-bond acceptors (Lipinski definition) is 8. The number of ether oxygens (including phenoxy) is 6. The molecule has 0 aliphatic heterocycles. The molecular formula is C68H78F2O8. The monoisotopic (exact) mass is 1060 g/mol. The summed E-state index contributed by atoms with van der Waals surface area (Å²) in [6, 6.07) is 38.6. The predicted octanol–water partition coefficient (Wildman–Crippen LogP) is 16.9. The molecule has 4 aliphatic carbocycles. The number of esters is 2. The number of halogens is 2. The molecule has 4 saturated carbocycles. The number of carbonyl (C=O) groups is 2. The Bertz CT molecular complexity index is 2860. The van der Waals surface area contributed by atoms with Gasteiger partial charge in [0.1, 0.15) is 47.8 Å². The summed E-state index contributed by atoms with van der Waals surface area (Å²) in [6.45, 7) is 10.1. The molecule has 0 saturated heterocycles. The molecule has 6 aromatic rings. The molecule has 412 valence electrons. The minimum Gasteiger partial charge on any atom is -0.497 e. The van der Waals surface area contributed by atoms with E-state index in [1.165, 1.54) is 50.3 Å². The van der Waals surface area contributed by atoms with Gasteiger partial charge in [-0.25, -0.2) is 8.78 Å². The molecule has 0 bridgehead atoms. The summed E-state index contributed by atoms with van der Waals surface area (Å²) in [7, 11) is 6.10. The standard InChI is InChI=1S/2C34H39FO4/c2*1-34(2)16-6-9-31(34)29-17-22(10-14-27(29)30-19-25(37-3)13-15-32(30)35)21-39-26-8-5-7-24(18-26)28(23-11-12-23)20-33(36)38-4/h2*5,7-8,10,13-15,17-19,23,28,31H,6,9,11-12,16,20-21H2,1-4H3/t28-,31+;28-,31-/m11/s1. The maximum atomic E-state index is 15.1. The van der Waals surface area contributed by atoms with Gasteiger partial charge in [-0.1, -0.05) is 101 Å². The van der Waals surface area contributed by atoms with Gasteiger partial charge in [-0.15, -0.1) is 0 Å². The summed E-state index contributed by atoms with van der Waals surface area (Å²) in [5.74, 6) is 4.07. The lowest BCUT2D eigenvalue weighted by Crippen LogP contribution is -2.17. The second-order valence-corrected chi connectivity index (χ2v) is 23.6. The largest absolute Gasteiger partial charge is 0.497 e. The molecule has 0 spiro atoms. The van der Waals surface area contributed by atoms with Crippen LogP contribution in [0.4, 0.5) is 8.78 Å². The van der Waals surface area contributed by atoms with E-state index in [1.807, 2.05) is 48.5 Å². The van der Waals surface area contributed by atoms with Gasteiger partial charge in [0.05, 0.1) is 41.3 Å². The van der Waals surface area contributed by atoms with Crippen LogP contribution in [-0.4, -0.2) is 40.4 Å². The first-order valence-corrected chi connectivity index (χ1v) is 28.1. The Hall–Kier alpha value is -6.68. The fourth-order valence-corrected chi connectivity index (χ4v) is 12.6. The normalized spacial score (nSPS) is 18.9. The van der Waals surface area contributed by atoms with Crippen molar-refractivity contribution in [2.24, 2.45) is 22.7 Å². The van der Waals surface area contributed by atoms with Crippen molar-refractivity contribution in [1.82, 2.24) is 0 Å². The summed E-state index contributed by atoms with van der Waals surface area (Å²) in [5.41, 5.74) is 9.96. The van der Waals surface area contributed by atoms with E-state index in [0.717, 1.165) is 96.2 Å². The molecule has 0 heterocycles. The van der Waals surface area contributed by atoms with Crippen molar-refractivity contribution in [1.29, 1.82) is 0 Å². The van der Waals surface area contributed by atoms with Crippen molar-refractivity contribution in [2.75, 3.05) is 28.4 Å². The maximum Gasteiger partial charge on any atom is 0.306 e.